The van der Waals surface area contributed by atoms with Gasteiger partial charge in [0.25, 0.3) is 5.91 Å². The summed E-state index contributed by atoms with van der Waals surface area (Å²) in [6, 6.07) is 6.38. The lowest BCUT2D eigenvalue weighted by Crippen LogP contribution is -2.45. The van der Waals surface area contributed by atoms with Gasteiger partial charge in [-0.3, -0.25) is 4.79 Å². The lowest BCUT2D eigenvalue weighted by molar-refractivity contribution is 0.0815. The lowest BCUT2D eigenvalue weighted by atomic mass is 9.71. The van der Waals surface area contributed by atoms with E-state index in [-0.39, 0.29) is 5.91 Å². The van der Waals surface area contributed by atoms with Gasteiger partial charge in [-0.2, -0.15) is 4.98 Å². The number of aromatic nitrogens is 4. The summed E-state index contributed by atoms with van der Waals surface area (Å²) in [5.74, 6) is 1.22. The van der Waals surface area contributed by atoms with E-state index in [1.807, 2.05) is 18.3 Å². The molecule has 0 atom stereocenters. The second-order valence-corrected chi connectivity index (χ2v) is 11.3. The average Bonchev–Trinajstić information content (AvgIpc) is 3.57. The van der Waals surface area contributed by atoms with Gasteiger partial charge in [0.2, 0.25) is 5.95 Å². The zero-order valence-electron chi connectivity index (χ0n) is 22.0. The molecule has 5 heterocycles. The Morgan fingerprint density at radius 2 is 1.81 bits per heavy atom. The molecule has 2 N–H and O–H groups in total. The highest BCUT2D eigenvalue weighted by Crippen LogP contribution is 2.40. The Morgan fingerprint density at radius 3 is 2.49 bits per heavy atom. The molecule has 0 aromatic carbocycles. The van der Waals surface area contributed by atoms with Crippen molar-refractivity contribution in [3.05, 3.63) is 36.3 Å². The van der Waals surface area contributed by atoms with Crippen LogP contribution in [0.2, 0.25) is 0 Å². The van der Waals surface area contributed by atoms with Crippen LogP contribution in [-0.2, 0) is 0 Å². The first kappa shape index (κ1) is 24.2. The number of fused-ring (bicyclic) bond motifs is 1. The molecular formula is C28H38N8O. The Morgan fingerprint density at radius 1 is 1.05 bits per heavy atom. The van der Waals surface area contributed by atoms with Crippen molar-refractivity contribution < 1.29 is 4.79 Å². The van der Waals surface area contributed by atoms with Gasteiger partial charge in [0, 0.05) is 44.8 Å². The topological polar surface area (TPSA) is 91.2 Å². The van der Waals surface area contributed by atoms with E-state index in [4.69, 9.17) is 4.98 Å². The first-order valence-electron chi connectivity index (χ1n) is 13.8. The predicted octanol–water partition coefficient (Wildman–Crippen LogP) is 4.36. The number of amides is 1. The maximum atomic E-state index is 12.9. The van der Waals surface area contributed by atoms with Gasteiger partial charge in [-0.15, -0.1) is 0 Å². The third-order valence-electron chi connectivity index (χ3n) is 8.73. The van der Waals surface area contributed by atoms with Crippen LogP contribution in [0.3, 0.4) is 0 Å². The lowest BCUT2D eigenvalue weighted by Gasteiger charge is -2.45. The molecule has 0 radical (unpaired) electrons. The molecule has 0 unspecified atom stereocenters. The second kappa shape index (κ2) is 9.93. The van der Waals surface area contributed by atoms with Crippen LogP contribution in [0.5, 0.6) is 0 Å². The number of hydrogen-bond acceptors (Lipinski definition) is 7. The molecule has 3 aromatic heterocycles. The first-order chi connectivity index (χ1) is 18.0. The van der Waals surface area contributed by atoms with Crippen molar-refractivity contribution in [1.82, 2.24) is 29.7 Å². The Labute approximate surface area is 218 Å². The number of carbonyl (C=O) groups is 1. The molecule has 3 aromatic rings. The summed E-state index contributed by atoms with van der Waals surface area (Å²) < 4.78 is 2.14. The summed E-state index contributed by atoms with van der Waals surface area (Å²) in [6.45, 7) is 4.52. The van der Waals surface area contributed by atoms with Crippen molar-refractivity contribution in [2.24, 2.45) is 5.41 Å². The zero-order chi connectivity index (χ0) is 25.4. The van der Waals surface area contributed by atoms with E-state index >= 15 is 0 Å². The second-order valence-electron chi connectivity index (χ2n) is 11.3. The van der Waals surface area contributed by atoms with Crippen LogP contribution in [0, 0.1) is 5.41 Å². The summed E-state index contributed by atoms with van der Waals surface area (Å²) >= 11 is 0. The van der Waals surface area contributed by atoms with E-state index in [0.717, 1.165) is 55.9 Å². The van der Waals surface area contributed by atoms with Gasteiger partial charge in [-0.1, -0.05) is 12.8 Å². The monoisotopic (exact) mass is 502 g/mol. The summed E-state index contributed by atoms with van der Waals surface area (Å²) in [4.78, 5) is 31.1. The number of nitrogens with zero attached hydrogens (tertiary/aromatic N) is 6. The van der Waals surface area contributed by atoms with Gasteiger partial charge in [0.1, 0.15) is 17.2 Å². The third kappa shape index (κ3) is 4.77. The fourth-order valence-electron chi connectivity index (χ4n) is 6.45. The molecule has 1 spiro atoms. The molecule has 1 amide bonds. The normalized spacial score (nSPS) is 20.0. The molecule has 6 rings (SSSR count). The first-order valence-corrected chi connectivity index (χ1v) is 13.8. The number of rotatable bonds is 5. The maximum Gasteiger partial charge on any atom is 0.270 e. The Hall–Kier alpha value is -3.20. The minimum atomic E-state index is 0.000418. The number of pyridine rings is 1. The van der Waals surface area contributed by atoms with Crippen LogP contribution >= 0.6 is 0 Å². The van der Waals surface area contributed by atoms with Gasteiger partial charge in [0.05, 0.1) is 11.9 Å². The predicted molar refractivity (Wildman–Crippen MR) is 147 cm³/mol. The van der Waals surface area contributed by atoms with Gasteiger partial charge in [-0.25, -0.2) is 9.97 Å². The zero-order valence-corrected chi connectivity index (χ0v) is 22.0. The van der Waals surface area contributed by atoms with Gasteiger partial charge >= 0.3 is 0 Å². The SMILES string of the molecule is CN(C)C(=O)c1cc2cnc(Nc3ccc(N4CCC5(CCNCC5)CC4)cn3)nc2n1C1CCCC1. The summed E-state index contributed by atoms with van der Waals surface area (Å²) in [5.41, 5.74) is 3.22. The van der Waals surface area contributed by atoms with Crippen LogP contribution in [0.25, 0.3) is 11.0 Å². The molecule has 37 heavy (non-hydrogen) atoms. The molecule has 196 valence electrons. The van der Waals surface area contributed by atoms with Crippen LogP contribution in [-0.4, -0.2) is 70.6 Å². The van der Waals surface area contributed by atoms with Crippen LogP contribution in [0.1, 0.15) is 67.9 Å². The highest BCUT2D eigenvalue weighted by molar-refractivity contribution is 5.97. The molecule has 9 nitrogen and oxygen atoms in total. The Balaban J connectivity index is 1.19. The summed E-state index contributed by atoms with van der Waals surface area (Å²) in [5, 5.41) is 7.68. The molecule has 3 aliphatic rings. The van der Waals surface area contributed by atoms with Crippen molar-refractivity contribution in [2.75, 3.05) is 50.5 Å². The molecule has 1 aliphatic carbocycles. The smallest absolute Gasteiger partial charge is 0.270 e. The third-order valence-corrected chi connectivity index (χ3v) is 8.73. The fraction of sp³-hybridized carbons (Fsp3) is 0.571. The molecule has 2 saturated heterocycles. The Bertz CT molecular complexity index is 1250. The number of carbonyl (C=O) groups excluding carboxylic acids is 1. The van der Waals surface area contributed by atoms with E-state index < -0.39 is 0 Å². The van der Waals surface area contributed by atoms with E-state index in [1.165, 1.54) is 44.2 Å². The quantitative estimate of drug-likeness (QED) is 0.536. The molecule has 2 aliphatic heterocycles. The van der Waals surface area contributed by atoms with Gasteiger partial charge in [-0.05, 0) is 75.2 Å². The summed E-state index contributed by atoms with van der Waals surface area (Å²) in [6.07, 6.45) is 13.4. The molecule has 3 fully saturated rings. The summed E-state index contributed by atoms with van der Waals surface area (Å²) in [7, 11) is 3.59. The van der Waals surface area contributed by atoms with Crippen LogP contribution < -0.4 is 15.5 Å². The largest absolute Gasteiger partial charge is 0.370 e. The standard InChI is InChI=1S/C28H38N8O/c1-34(2)26(37)23-17-20-18-31-27(33-25(20)36(23)21-5-3-4-6-21)32-24-8-7-22(19-30-24)35-15-11-28(12-16-35)9-13-29-14-10-28/h7-8,17-19,21,29H,3-6,9-16H2,1-2H3,(H,30,31,32,33). The van der Waals surface area contributed by atoms with E-state index in [9.17, 15) is 4.79 Å². The van der Waals surface area contributed by atoms with Gasteiger partial charge < -0.3 is 25.0 Å². The highest BCUT2D eigenvalue weighted by atomic mass is 16.2. The average molecular weight is 503 g/mol. The minimum Gasteiger partial charge on any atom is -0.370 e. The van der Waals surface area contributed by atoms with Gasteiger partial charge in [0.15, 0.2) is 0 Å². The molecule has 9 heteroatoms. The number of nitrogens with one attached hydrogen (secondary N) is 2. The van der Waals surface area contributed by atoms with Crippen molar-refractivity contribution in [3.63, 3.8) is 0 Å². The minimum absolute atomic E-state index is 0.000418. The van der Waals surface area contributed by atoms with Crippen LogP contribution in [0.4, 0.5) is 17.5 Å². The molecular weight excluding hydrogens is 464 g/mol. The van der Waals surface area contributed by atoms with E-state index in [2.05, 4.69) is 36.1 Å². The number of anilines is 3. The maximum absolute atomic E-state index is 12.9. The van der Waals surface area contributed by atoms with Crippen molar-refractivity contribution >= 4 is 34.4 Å². The fourth-order valence-corrected chi connectivity index (χ4v) is 6.45. The van der Waals surface area contributed by atoms with Crippen LogP contribution in [0.15, 0.2) is 30.6 Å². The van der Waals surface area contributed by atoms with E-state index in [1.54, 1.807) is 25.2 Å². The Kier molecular flexibility index (Phi) is 6.48. The highest BCUT2D eigenvalue weighted by Gasteiger charge is 2.35. The molecule has 0 bridgehead atoms. The van der Waals surface area contributed by atoms with Crippen molar-refractivity contribution in [1.29, 1.82) is 0 Å². The van der Waals surface area contributed by atoms with Crippen molar-refractivity contribution in [2.45, 2.75) is 57.4 Å². The van der Waals surface area contributed by atoms with E-state index in [0.29, 0.717) is 23.1 Å². The molecule has 1 saturated carbocycles. The number of hydrogen-bond donors (Lipinski definition) is 2. The van der Waals surface area contributed by atoms with Crippen molar-refractivity contribution in [3.8, 4) is 0 Å². The number of piperidine rings is 2.